The average molecular weight is 490 g/mol. The maximum absolute atomic E-state index is 13.9. The highest BCUT2D eigenvalue weighted by Gasteiger charge is 2.22. The molecule has 0 aliphatic heterocycles. The molecule has 0 aliphatic carbocycles. The van der Waals surface area contributed by atoms with E-state index in [1.54, 1.807) is 24.3 Å². The zero-order valence-electron chi connectivity index (χ0n) is 17.0. The number of halogens is 4. The van der Waals surface area contributed by atoms with Crippen molar-refractivity contribution in [3.8, 4) is 5.69 Å². The Bertz CT molecular complexity index is 1420. The van der Waals surface area contributed by atoms with Crippen LogP contribution in [0.3, 0.4) is 0 Å². The molecule has 1 amide bonds. The summed E-state index contributed by atoms with van der Waals surface area (Å²) in [6.07, 6.45) is 0. The summed E-state index contributed by atoms with van der Waals surface area (Å²) in [5.74, 6) is -3.18. The van der Waals surface area contributed by atoms with Gasteiger partial charge in [0, 0.05) is 0 Å². The lowest BCUT2D eigenvalue weighted by atomic mass is 10.2. The van der Waals surface area contributed by atoms with E-state index in [9.17, 15) is 22.8 Å². The summed E-state index contributed by atoms with van der Waals surface area (Å²) < 4.78 is 42.8. The number of para-hydroxylation sites is 2. The number of carbonyl (C=O) groups excluding carboxylic acids is 1. The Hall–Kier alpha value is -3.30. The minimum absolute atomic E-state index is 0.123. The predicted octanol–water partition coefficient (Wildman–Crippen LogP) is 5.58. The van der Waals surface area contributed by atoms with Gasteiger partial charge in [0.1, 0.15) is 23.1 Å². The van der Waals surface area contributed by atoms with E-state index in [4.69, 9.17) is 11.6 Å². The van der Waals surface area contributed by atoms with Gasteiger partial charge in [0.05, 0.1) is 26.9 Å². The first-order valence-electron chi connectivity index (χ1n) is 9.65. The molecule has 10 heteroatoms. The molecule has 1 unspecified atom stereocenters. The zero-order chi connectivity index (χ0) is 23.7. The van der Waals surface area contributed by atoms with Crippen LogP contribution in [-0.4, -0.2) is 20.7 Å². The van der Waals surface area contributed by atoms with Crippen molar-refractivity contribution in [1.82, 2.24) is 9.55 Å². The zero-order valence-corrected chi connectivity index (χ0v) is 18.6. The second kappa shape index (κ2) is 9.29. The fraction of sp³-hybridized carbons (Fsp3) is 0.0870. The first-order valence-corrected chi connectivity index (χ1v) is 10.9. The third-order valence-corrected chi connectivity index (χ3v) is 6.11. The molecule has 168 valence electrons. The van der Waals surface area contributed by atoms with E-state index in [0.29, 0.717) is 10.9 Å². The quantitative estimate of drug-likeness (QED) is 0.294. The van der Waals surface area contributed by atoms with E-state index in [-0.39, 0.29) is 15.9 Å². The van der Waals surface area contributed by atoms with Gasteiger partial charge in [-0.15, -0.1) is 0 Å². The Morgan fingerprint density at radius 1 is 1.03 bits per heavy atom. The number of carbonyl (C=O) groups is 1. The lowest BCUT2D eigenvalue weighted by molar-refractivity contribution is -0.115. The Morgan fingerprint density at radius 2 is 1.73 bits per heavy atom. The highest BCUT2D eigenvalue weighted by molar-refractivity contribution is 8.00. The summed E-state index contributed by atoms with van der Waals surface area (Å²) in [4.78, 5) is 30.4. The van der Waals surface area contributed by atoms with E-state index in [0.717, 1.165) is 30.0 Å². The molecule has 0 radical (unpaired) electrons. The lowest BCUT2D eigenvalue weighted by Crippen LogP contribution is -2.27. The Balaban J connectivity index is 1.75. The van der Waals surface area contributed by atoms with Gasteiger partial charge in [0.15, 0.2) is 5.16 Å². The van der Waals surface area contributed by atoms with Crippen molar-refractivity contribution >= 4 is 45.9 Å². The largest absolute Gasteiger partial charge is 0.320 e. The number of nitrogens with zero attached hydrogens (tertiary/aromatic N) is 2. The topological polar surface area (TPSA) is 64.0 Å². The number of aromatic nitrogens is 2. The van der Waals surface area contributed by atoms with Gasteiger partial charge >= 0.3 is 0 Å². The highest BCUT2D eigenvalue weighted by Crippen LogP contribution is 2.28. The molecule has 0 spiro atoms. The van der Waals surface area contributed by atoms with E-state index in [2.05, 4.69) is 10.3 Å². The maximum Gasteiger partial charge on any atom is 0.266 e. The van der Waals surface area contributed by atoms with Crippen molar-refractivity contribution in [3.05, 3.63) is 93.5 Å². The van der Waals surface area contributed by atoms with Crippen molar-refractivity contribution in [2.24, 2.45) is 0 Å². The minimum Gasteiger partial charge on any atom is -0.320 e. The summed E-state index contributed by atoms with van der Waals surface area (Å²) in [6, 6.07) is 13.6. The van der Waals surface area contributed by atoms with Gasteiger partial charge < -0.3 is 5.32 Å². The van der Waals surface area contributed by atoms with Gasteiger partial charge in [-0.05, 0) is 49.4 Å². The number of anilines is 1. The molecule has 1 heterocycles. The number of hydrogen-bond donors (Lipinski definition) is 1. The van der Waals surface area contributed by atoms with Crippen LogP contribution in [0.2, 0.25) is 5.02 Å². The SMILES string of the molecule is CC(Sc1nc2ccccc2c(=O)n1-c1ccc(F)c(Cl)c1)C(=O)Nc1c(F)cccc1F. The van der Waals surface area contributed by atoms with Crippen LogP contribution in [0.15, 0.2) is 70.6 Å². The summed E-state index contributed by atoms with van der Waals surface area (Å²) in [6.45, 7) is 1.50. The standard InChI is InChI=1S/C23H15ClF3N3O2S/c1-12(21(31)29-20-17(26)6-4-7-18(20)27)33-23-28-19-8-3-2-5-14(19)22(32)30(23)13-9-10-16(25)15(24)11-13/h2-12H,1H3,(H,29,31). The van der Waals surface area contributed by atoms with E-state index >= 15 is 0 Å². The number of amides is 1. The summed E-state index contributed by atoms with van der Waals surface area (Å²) in [5.41, 5.74) is -0.371. The summed E-state index contributed by atoms with van der Waals surface area (Å²) >= 11 is 6.81. The first-order chi connectivity index (χ1) is 15.8. The monoisotopic (exact) mass is 489 g/mol. The smallest absolute Gasteiger partial charge is 0.266 e. The van der Waals surface area contributed by atoms with E-state index in [1.165, 1.54) is 29.7 Å². The fourth-order valence-corrected chi connectivity index (χ4v) is 4.20. The Morgan fingerprint density at radius 3 is 2.42 bits per heavy atom. The van der Waals surface area contributed by atoms with Crippen LogP contribution in [-0.2, 0) is 4.79 Å². The number of thioether (sulfide) groups is 1. The third kappa shape index (κ3) is 4.60. The molecule has 1 atom stereocenters. The lowest BCUT2D eigenvalue weighted by Gasteiger charge is -2.17. The summed E-state index contributed by atoms with van der Waals surface area (Å²) in [7, 11) is 0. The van der Waals surface area contributed by atoms with Gasteiger partial charge in [-0.2, -0.15) is 0 Å². The molecular formula is C23H15ClF3N3O2S. The van der Waals surface area contributed by atoms with Crippen LogP contribution < -0.4 is 10.9 Å². The van der Waals surface area contributed by atoms with Crippen LogP contribution in [0, 0.1) is 17.5 Å². The molecule has 5 nitrogen and oxygen atoms in total. The van der Waals surface area contributed by atoms with E-state index < -0.39 is 39.9 Å². The third-order valence-electron chi connectivity index (χ3n) is 4.77. The van der Waals surface area contributed by atoms with Gasteiger partial charge in [-0.3, -0.25) is 14.2 Å². The molecule has 0 aliphatic rings. The van der Waals surface area contributed by atoms with Gasteiger partial charge in [0.2, 0.25) is 5.91 Å². The number of rotatable bonds is 5. The molecule has 0 saturated carbocycles. The maximum atomic E-state index is 13.9. The van der Waals surface area contributed by atoms with Crippen LogP contribution in [0.1, 0.15) is 6.92 Å². The molecule has 0 saturated heterocycles. The van der Waals surface area contributed by atoms with Gasteiger partial charge in [0.25, 0.3) is 5.56 Å². The average Bonchev–Trinajstić information content (AvgIpc) is 2.78. The molecule has 4 rings (SSSR count). The fourth-order valence-electron chi connectivity index (χ4n) is 3.10. The predicted molar refractivity (Wildman–Crippen MR) is 123 cm³/mol. The second-order valence-electron chi connectivity index (χ2n) is 7.00. The Kier molecular flexibility index (Phi) is 6.44. The molecule has 33 heavy (non-hydrogen) atoms. The molecule has 1 N–H and O–H groups in total. The number of benzene rings is 3. The highest BCUT2D eigenvalue weighted by atomic mass is 35.5. The van der Waals surface area contributed by atoms with Crippen molar-refractivity contribution in [2.45, 2.75) is 17.3 Å². The van der Waals surface area contributed by atoms with Crippen LogP contribution in [0.25, 0.3) is 16.6 Å². The molecule has 3 aromatic carbocycles. The van der Waals surface area contributed by atoms with Gasteiger partial charge in [-0.25, -0.2) is 18.2 Å². The van der Waals surface area contributed by atoms with Gasteiger partial charge in [-0.1, -0.05) is 41.6 Å². The summed E-state index contributed by atoms with van der Waals surface area (Å²) in [5, 5.41) is 1.57. The van der Waals surface area contributed by atoms with Crippen molar-refractivity contribution in [1.29, 1.82) is 0 Å². The van der Waals surface area contributed by atoms with Crippen LogP contribution in [0.5, 0.6) is 0 Å². The van der Waals surface area contributed by atoms with Crippen LogP contribution in [0.4, 0.5) is 18.9 Å². The normalized spacial score (nSPS) is 12.0. The molecule has 0 fully saturated rings. The second-order valence-corrected chi connectivity index (χ2v) is 8.71. The van der Waals surface area contributed by atoms with Crippen molar-refractivity contribution < 1.29 is 18.0 Å². The number of nitrogens with one attached hydrogen (secondary N) is 1. The molecule has 1 aromatic heterocycles. The van der Waals surface area contributed by atoms with Crippen LogP contribution >= 0.6 is 23.4 Å². The molecular weight excluding hydrogens is 475 g/mol. The number of fused-ring (bicyclic) bond motifs is 1. The van der Waals surface area contributed by atoms with Crippen molar-refractivity contribution in [3.63, 3.8) is 0 Å². The minimum atomic E-state index is -0.915. The van der Waals surface area contributed by atoms with Crippen molar-refractivity contribution in [2.75, 3.05) is 5.32 Å². The van der Waals surface area contributed by atoms with E-state index in [1.807, 2.05) is 0 Å². The molecule has 0 bridgehead atoms. The number of hydrogen-bond acceptors (Lipinski definition) is 4. The molecule has 4 aromatic rings. The Labute approximate surface area is 195 Å². The first kappa shape index (κ1) is 22.9.